The van der Waals surface area contributed by atoms with Crippen molar-refractivity contribution in [2.75, 3.05) is 20.1 Å². The summed E-state index contributed by atoms with van der Waals surface area (Å²) >= 11 is 11.9. The summed E-state index contributed by atoms with van der Waals surface area (Å²) in [4.78, 5) is 0.0719. The molecule has 20 heavy (non-hydrogen) atoms. The number of nitrogens with zero attached hydrogens (tertiary/aromatic N) is 1. The quantitative estimate of drug-likeness (QED) is 0.903. The van der Waals surface area contributed by atoms with Crippen molar-refractivity contribution in [3.63, 3.8) is 0 Å². The highest BCUT2D eigenvalue weighted by atomic mass is 35.5. The molecule has 8 heteroatoms. The zero-order valence-electron chi connectivity index (χ0n) is 11.0. The minimum Gasteiger partial charge on any atom is -0.317 e. The van der Waals surface area contributed by atoms with Crippen LogP contribution < -0.4 is 5.32 Å². The second-order valence-corrected chi connectivity index (χ2v) is 7.31. The van der Waals surface area contributed by atoms with Gasteiger partial charge in [0.15, 0.2) is 0 Å². The summed E-state index contributed by atoms with van der Waals surface area (Å²) in [6.45, 7) is 1.65. The smallest absolute Gasteiger partial charge is 0.244 e. The number of nitrogens with one attached hydrogen (secondary N) is 1. The lowest BCUT2D eigenvalue weighted by molar-refractivity contribution is 0.296. The number of sulfonamides is 1. The highest BCUT2D eigenvalue weighted by Gasteiger charge is 2.30. The van der Waals surface area contributed by atoms with Crippen molar-refractivity contribution >= 4 is 45.6 Å². The van der Waals surface area contributed by atoms with Gasteiger partial charge in [-0.25, -0.2) is 8.42 Å². The van der Waals surface area contributed by atoms with Crippen LogP contribution in [0.1, 0.15) is 12.8 Å². The summed E-state index contributed by atoms with van der Waals surface area (Å²) in [6.07, 6.45) is 1.60. The molecule has 0 aliphatic carbocycles. The van der Waals surface area contributed by atoms with Gasteiger partial charge in [-0.15, -0.1) is 12.4 Å². The zero-order valence-corrected chi connectivity index (χ0v) is 14.1. The van der Waals surface area contributed by atoms with E-state index in [0.717, 1.165) is 25.9 Å². The fourth-order valence-electron chi connectivity index (χ4n) is 2.20. The van der Waals surface area contributed by atoms with Crippen molar-refractivity contribution in [1.29, 1.82) is 0 Å². The number of halogens is 3. The first-order valence-corrected chi connectivity index (χ1v) is 8.27. The molecule has 2 rings (SSSR count). The number of rotatable bonds is 3. The lowest BCUT2D eigenvalue weighted by Gasteiger charge is -2.31. The molecular weight excluding hydrogens is 343 g/mol. The molecule has 0 bridgehead atoms. The van der Waals surface area contributed by atoms with E-state index >= 15 is 0 Å². The Morgan fingerprint density at radius 1 is 1.25 bits per heavy atom. The molecule has 1 heterocycles. The minimum atomic E-state index is -3.60. The van der Waals surface area contributed by atoms with E-state index in [1.54, 1.807) is 19.2 Å². The first-order chi connectivity index (χ1) is 8.94. The van der Waals surface area contributed by atoms with Crippen LogP contribution in [0.15, 0.2) is 23.1 Å². The molecule has 1 aliphatic rings. The number of piperidine rings is 1. The van der Waals surface area contributed by atoms with E-state index in [-0.39, 0.29) is 33.4 Å². The van der Waals surface area contributed by atoms with Crippen molar-refractivity contribution in [1.82, 2.24) is 9.62 Å². The van der Waals surface area contributed by atoms with E-state index in [9.17, 15) is 8.42 Å². The summed E-state index contributed by atoms with van der Waals surface area (Å²) in [7, 11) is -2.00. The largest absolute Gasteiger partial charge is 0.317 e. The molecule has 114 valence electrons. The molecule has 1 aromatic carbocycles. The number of benzene rings is 1. The Balaban J connectivity index is 0.00000200. The normalized spacial score (nSPS) is 17.0. The average Bonchev–Trinajstić information content (AvgIpc) is 2.41. The van der Waals surface area contributed by atoms with E-state index in [1.807, 2.05) is 0 Å². The summed E-state index contributed by atoms with van der Waals surface area (Å²) in [5, 5.41) is 3.55. The first kappa shape index (κ1) is 18.0. The van der Waals surface area contributed by atoms with Crippen LogP contribution in [-0.2, 0) is 10.0 Å². The topological polar surface area (TPSA) is 49.4 Å². The molecule has 1 saturated heterocycles. The van der Waals surface area contributed by atoms with Crippen LogP contribution in [0, 0.1) is 0 Å². The predicted octanol–water partition coefficient (Wildman–Crippen LogP) is 2.79. The molecule has 0 atom stereocenters. The van der Waals surface area contributed by atoms with Crippen LogP contribution in [0.3, 0.4) is 0 Å². The summed E-state index contributed by atoms with van der Waals surface area (Å²) in [5.41, 5.74) is 0. The Morgan fingerprint density at radius 2 is 1.85 bits per heavy atom. The van der Waals surface area contributed by atoms with Crippen molar-refractivity contribution in [2.24, 2.45) is 0 Å². The molecule has 0 aromatic heterocycles. The van der Waals surface area contributed by atoms with E-state index in [4.69, 9.17) is 23.2 Å². The van der Waals surface area contributed by atoms with E-state index in [1.165, 1.54) is 10.4 Å². The van der Waals surface area contributed by atoms with Gasteiger partial charge in [-0.2, -0.15) is 4.31 Å². The Labute approximate surface area is 135 Å². The van der Waals surface area contributed by atoms with Crippen LogP contribution in [0.2, 0.25) is 10.0 Å². The lowest BCUT2D eigenvalue weighted by atomic mass is 10.1. The SMILES string of the molecule is CN(C1CCNCC1)S(=O)(=O)c1cccc(Cl)c1Cl.Cl. The van der Waals surface area contributed by atoms with Gasteiger partial charge in [-0.1, -0.05) is 29.3 Å². The molecule has 0 spiro atoms. The van der Waals surface area contributed by atoms with Gasteiger partial charge in [-0.05, 0) is 38.1 Å². The van der Waals surface area contributed by atoms with Crippen LogP contribution >= 0.6 is 35.6 Å². The third-order valence-electron chi connectivity index (χ3n) is 3.40. The van der Waals surface area contributed by atoms with E-state index in [2.05, 4.69) is 5.32 Å². The monoisotopic (exact) mass is 358 g/mol. The maximum Gasteiger partial charge on any atom is 0.244 e. The maximum absolute atomic E-state index is 12.6. The van der Waals surface area contributed by atoms with Gasteiger partial charge >= 0.3 is 0 Å². The Morgan fingerprint density at radius 3 is 2.45 bits per heavy atom. The lowest BCUT2D eigenvalue weighted by Crippen LogP contribution is -2.43. The van der Waals surface area contributed by atoms with Gasteiger partial charge in [0.05, 0.1) is 10.0 Å². The van der Waals surface area contributed by atoms with Crippen molar-refractivity contribution in [2.45, 2.75) is 23.8 Å². The van der Waals surface area contributed by atoms with Gasteiger partial charge in [0.2, 0.25) is 10.0 Å². The summed E-state index contributed by atoms with van der Waals surface area (Å²) in [6, 6.07) is 4.66. The van der Waals surface area contributed by atoms with Crippen molar-refractivity contribution < 1.29 is 8.42 Å². The average molecular weight is 360 g/mol. The minimum absolute atomic E-state index is 0. The third kappa shape index (κ3) is 3.59. The fraction of sp³-hybridized carbons (Fsp3) is 0.500. The molecule has 0 saturated carbocycles. The van der Waals surface area contributed by atoms with Crippen molar-refractivity contribution in [3.8, 4) is 0 Å². The Bertz CT molecular complexity index is 560. The molecule has 1 aromatic rings. The first-order valence-electron chi connectivity index (χ1n) is 6.07. The van der Waals surface area contributed by atoms with Crippen molar-refractivity contribution in [3.05, 3.63) is 28.2 Å². The second kappa shape index (κ2) is 7.29. The molecule has 1 fully saturated rings. The summed E-state index contributed by atoms with van der Waals surface area (Å²) in [5.74, 6) is 0. The fourth-order valence-corrected chi connectivity index (χ4v) is 4.35. The van der Waals surface area contributed by atoms with Gasteiger partial charge in [0, 0.05) is 13.1 Å². The van der Waals surface area contributed by atoms with E-state index in [0.29, 0.717) is 0 Å². The van der Waals surface area contributed by atoms with Gasteiger partial charge in [-0.3, -0.25) is 0 Å². The molecule has 0 radical (unpaired) electrons. The molecule has 0 amide bonds. The Hall–Kier alpha value is -0.0400. The number of hydrogen-bond acceptors (Lipinski definition) is 3. The predicted molar refractivity (Wildman–Crippen MR) is 84.6 cm³/mol. The second-order valence-electron chi connectivity index (χ2n) is 4.55. The van der Waals surface area contributed by atoms with Crippen LogP contribution in [0.4, 0.5) is 0 Å². The standard InChI is InChI=1S/C12H16Cl2N2O2S.ClH/c1-16(9-5-7-15-8-6-9)19(17,18)11-4-2-3-10(13)12(11)14;/h2-4,9,15H,5-8H2,1H3;1H. The maximum atomic E-state index is 12.6. The molecule has 1 aliphatic heterocycles. The molecule has 1 N–H and O–H groups in total. The highest BCUT2D eigenvalue weighted by molar-refractivity contribution is 7.89. The highest BCUT2D eigenvalue weighted by Crippen LogP contribution is 2.31. The van der Waals surface area contributed by atoms with Crippen LogP contribution in [0.25, 0.3) is 0 Å². The Kier molecular flexibility index (Phi) is 6.57. The van der Waals surface area contributed by atoms with Gasteiger partial charge in [0.1, 0.15) is 4.90 Å². The molecule has 4 nitrogen and oxygen atoms in total. The van der Waals surface area contributed by atoms with Gasteiger partial charge < -0.3 is 5.32 Å². The van der Waals surface area contributed by atoms with Gasteiger partial charge in [0.25, 0.3) is 0 Å². The number of hydrogen-bond donors (Lipinski definition) is 1. The van der Waals surface area contributed by atoms with Crippen LogP contribution in [-0.4, -0.2) is 38.9 Å². The third-order valence-corrected chi connectivity index (χ3v) is 6.28. The zero-order chi connectivity index (χ0) is 14.0. The van der Waals surface area contributed by atoms with Crippen LogP contribution in [0.5, 0.6) is 0 Å². The van der Waals surface area contributed by atoms with E-state index < -0.39 is 10.0 Å². The summed E-state index contributed by atoms with van der Waals surface area (Å²) < 4.78 is 26.5. The molecule has 0 unspecified atom stereocenters. The molecular formula is C12H17Cl3N2O2S.